The highest BCUT2D eigenvalue weighted by Crippen LogP contribution is 2.36. The van der Waals surface area contributed by atoms with E-state index in [1.807, 2.05) is 0 Å². The Morgan fingerprint density at radius 3 is 2.62 bits per heavy atom. The van der Waals surface area contributed by atoms with Crippen molar-refractivity contribution in [2.75, 3.05) is 31.5 Å². The fourth-order valence-corrected chi connectivity index (χ4v) is 2.38. The van der Waals surface area contributed by atoms with E-state index in [0.29, 0.717) is 13.1 Å². The second-order valence-corrected chi connectivity index (χ2v) is 5.49. The van der Waals surface area contributed by atoms with Crippen LogP contribution in [0.2, 0.25) is 5.02 Å². The van der Waals surface area contributed by atoms with E-state index in [2.05, 4.69) is 10.6 Å². The molecule has 2 N–H and O–H groups in total. The first-order chi connectivity index (χ1) is 11.3. The lowest BCUT2D eigenvalue weighted by atomic mass is 10.2. The smallest absolute Gasteiger partial charge is 0.374 e. The lowest BCUT2D eigenvalue weighted by Crippen LogP contribution is -2.41. The number of rotatable bonds is 3. The maximum Gasteiger partial charge on any atom is 0.417 e. The van der Waals surface area contributed by atoms with Crippen molar-refractivity contribution in [3.8, 4) is 6.07 Å². The van der Waals surface area contributed by atoms with E-state index in [0.717, 1.165) is 25.2 Å². The number of nitrogens with zero attached hydrogens (tertiary/aromatic N) is 2. The summed E-state index contributed by atoms with van der Waals surface area (Å²) in [5.41, 5.74) is -1.31. The van der Waals surface area contributed by atoms with Crippen molar-refractivity contribution in [1.29, 1.82) is 5.26 Å². The van der Waals surface area contributed by atoms with Crippen molar-refractivity contribution < 1.29 is 18.0 Å². The molecule has 1 aliphatic rings. The second kappa shape index (κ2) is 7.55. The highest BCUT2D eigenvalue weighted by Gasteiger charge is 2.33. The summed E-state index contributed by atoms with van der Waals surface area (Å²) in [6, 6.07) is 4.79. The fourth-order valence-electron chi connectivity index (χ4n) is 2.15. The van der Waals surface area contributed by atoms with E-state index in [1.165, 1.54) is 12.3 Å². The molecule has 0 saturated carbocycles. The van der Waals surface area contributed by atoms with Crippen molar-refractivity contribution in [2.45, 2.75) is 6.18 Å². The van der Waals surface area contributed by atoms with Gasteiger partial charge in [0.2, 0.25) is 0 Å². The lowest BCUT2D eigenvalue weighted by molar-refractivity contribution is -0.137. The number of anilines is 1. The number of alkyl halides is 3. The number of hydrogen-bond acceptors (Lipinski definition) is 4. The van der Waals surface area contributed by atoms with Crippen molar-refractivity contribution in [2.24, 2.45) is 0 Å². The molecule has 128 valence electrons. The van der Waals surface area contributed by atoms with Crippen LogP contribution < -0.4 is 10.6 Å². The molecule has 1 fully saturated rings. The molecule has 1 amide bonds. The summed E-state index contributed by atoms with van der Waals surface area (Å²) >= 11 is 5.53. The molecule has 1 aromatic rings. The molecule has 0 spiro atoms. The van der Waals surface area contributed by atoms with Gasteiger partial charge in [0.25, 0.3) is 5.91 Å². The molecule has 0 bridgehead atoms. The van der Waals surface area contributed by atoms with Crippen molar-refractivity contribution >= 4 is 23.2 Å². The third-order valence-electron chi connectivity index (χ3n) is 3.36. The van der Waals surface area contributed by atoms with E-state index in [-0.39, 0.29) is 11.3 Å². The highest BCUT2D eigenvalue weighted by molar-refractivity contribution is 6.31. The molecule has 0 unspecified atom stereocenters. The zero-order chi connectivity index (χ0) is 17.7. The molecular formula is C15H14ClF3N4O. The van der Waals surface area contributed by atoms with Gasteiger partial charge in [-0.05, 0) is 18.2 Å². The predicted molar refractivity (Wildman–Crippen MR) is 83.2 cm³/mol. The molecule has 0 atom stereocenters. The maximum atomic E-state index is 12.8. The summed E-state index contributed by atoms with van der Waals surface area (Å²) in [6.07, 6.45) is -3.22. The minimum atomic E-state index is -4.63. The minimum Gasteiger partial charge on any atom is -0.374 e. The summed E-state index contributed by atoms with van der Waals surface area (Å²) in [5, 5.41) is 14.1. The van der Waals surface area contributed by atoms with Gasteiger partial charge < -0.3 is 15.5 Å². The topological polar surface area (TPSA) is 68.2 Å². The van der Waals surface area contributed by atoms with Crippen molar-refractivity contribution in [3.63, 3.8) is 0 Å². The van der Waals surface area contributed by atoms with Crippen LogP contribution in [0.5, 0.6) is 0 Å². The van der Waals surface area contributed by atoms with E-state index < -0.39 is 22.7 Å². The first-order valence-corrected chi connectivity index (χ1v) is 7.44. The van der Waals surface area contributed by atoms with Gasteiger partial charge in [0.15, 0.2) is 0 Å². The summed E-state index contributed by atoms with van der Waals surface area (Å²) in [7, 11) is 0. The largest absolute Gasteiger partial charge is 0.417 e. The van der Waals surface area contributed by atoms with Gasteiger partial charge in [0.1, 0.15) is 11.6 Å². The first-order valence-electron chi connectivity index (χ1n) is 7.06. The normalized spacial score (nSPS) is 15.8. The van der Waals surface area contributed by atoms with Crippen LogP contribution in [0.1, 0.15) is 5.56 Å². The summed E-state index contributed by atoms with van der Waals surface area (Å²) in [6.45, 7) is 2.72. The van der Waals surface area contributed by atoms with Crippen LogP contribution in [0.25, 0.3) is 0 Å². The number of carbonyl (C=O) groups excluding carboxylic acids is 1. The molecular weight excluding hydrogens is 345 g/mol. The average molecular weight is 359 g/mol. The van der Waals surface area contributed by atoms with Crippen LogP contribution in [0, 0.1) is 11.3 Å². The molecule has 5 nitrogen and oxygen atoms in total. The third kappa shape index (κ3) is 4.63. The van der Waals surface area contributed by atoms with Gasteiger partial charge in [-0.3, -0.25) is 4.79 Å². The van der Waals surface area contributed by atoms with Gasteiger partial charge in [0, 0.05) is 38.1 Å². The number of nitriles is 1. The Bertz CT molecular complexity index is 691. The molecule has 2 rings (SSSR count). The van der Waals surface area contributed by atoms with Crippen LogP contribution in [0.4, 0.5) is 18.9 Å². The van der Waals surface area contributed by atoms with Crippen LogP contribution in [-0.2, 0) is 11.0 Å². The van der Waals surface area contributed by atoms with Crippen LogP contribution in [-0.4, -0.2) is 37.0 Å². The average Bonchev–Trinajstić information content (AvgIpc) is 2.54. The van der Waals surface area contributed by atoms with E-state index in [1.54, 1.807) is 11.0 Å². The highest BCUT2D eigenvalue weighted by atomic mass is 35.5. The zero-order valence-electron chi connectivity index (χ0n) is 12.5. The van der Waals surface area contributed by atoms with Crippen LogP contribution in [0.15, 0.2) is 30.0 Å². The lowest BCUT2D eigenvalue weighted by Gasteiger charge is -2.26. The Morgan fingerprint density at radius 1 is 1.38 bits per heavy atom. The van der Waals surface area contributed by atoms with Crippen LogP contribution >= 0.6 is 11.6 Å². The number of hydrogen-bond donors (Lipinski definition) is 2. The second-order valence-electron chi connectivity index (χ2n) is 5.09. The Balaban J connectivity index is 2.16. The molecule has 0 aliphatic carbocycles. The predicted octanol–water partition coefficient (Wildman–Crippen LogP) is 2.61. The van der Waals surface area contributed by atoms with Crippen molar-refractivity contribution in [3.05, 3.63) is 40.6 Å². The molecule has 0 aromatic heterocycles. The summed E-state index contributed by atoms with van der Waals surface area (Å²) < 4.78 is 38.5. The van der Waals surface area contributed by atoms with Gasteiger partial charge >= 0.3 is 6.18 Å². The van der Waals surface area contributed by atoms with Gasteiger partial charge in [-0.2, -0.15) is 18.4 Å². The van der Waals surface area contributed by atoms with E-state index in [9.17, 15) is 18.0 Å². The molecule has 24 heavy (non-hydrogen) atoms. The third-order valence-corrected chi connectivity index (χ3v) is 3.69. The first kappa shape index (κ1) is 18.1. The molecule has 1 saturated heterocycles. The van der Waals surface area contributed by atoms with E-state index in [4.69, 9.17) is 16.9 Å². The van der Waals surface area contributed by atoms with Crippen LogP contribution in [0.3, 0.4) is 0 Å². The fraction of sp³-hybridized carbons (Fsp3) is 0.333. The monoisotopic (exact) mass is 358 g/mol. The Morgan fingerprint density at radius 2 is 2.04 bits per heavy atom. The number of benzene rings is 1. The quantitative estimate of drug-likeness (QED) is 0.644. The number of piperazine rings is 1. The SMILES string of the molecule is N#C/C(=C/N1CCNCC1)C(=O)Nc1ccc(Cl)c(C(F)(F)F)c1. The van der Waals surface area contributed by atoms with Gasteiger partial charge in [-0.25, -0.2) is 0 Å². The molecule has 1 heterocycles. The van der Waals surface area contributed by atoms with Gasteiger partial charge in [-0.1, -0.05) is 11.6 Å². The van der Waals surface area contributed by atoms with Gasteiger partial charge in [0.05, 0.1) is 10.6 Å². The van der Waals surface area contributed by atoms with Gasteiger partial charge in [-0.15, -0.1) is 0 Å². The standard InChI is InChI=1S/C15H14ClF3N4O/c16-13-2-1-11(7-12(13)15(17,18)19)22-14(24)10(8-20)9-23-5-3-21-4-6-23/h1-2,7,9,21H,3-6H2,(H,22,24)/b10-9-. The maximum absolute atomic E-state index is 12.8. The van der Waals surface area contributed by atoms with Crippen molar-refractivity contribution in [1.82, 2.24) is 10.2 Å². The Labute approximate surface area is 141 Å². The molecule has 9 heteroatoms. The number of carbonyl (C=O) groups is 1. The molecule has 1 aromatic carbocycles. The number of nitrogens with one attached hydrogen (secondary N) is 2. The molecule has 0 radical (unpaired) electrons. The number of amides is 1. The van der Waals surface area contributed by atoms with E-state index >= 15 is 0 Å². The molecule has 1 aliphatic heterocycles. The Kier molecular flexibility index (Phi) is 5.70. The minimum absolute atomic E-state index is 0.0850. The zero-order valence-corrected chi connectivity index (χ0v) is 13.2. The summed E-state index contributed by atoms with van der Waals surface area (Å²) in [4.78, 5) is 13.9. The number of halogens is 4. The summed E-state index contributed by atoms with van der Waals surface area (Å²) in [5.74, 6) is -0.772. The Hall–Kier alpha value is -2.24.